The largest absolute Gasteiger partial charge is 0.673 e. The summed E-state index contributed by atoms with van der Waals surface area (Å²) < 4.78 is 46.0. The second kappa shape index (κ2) is 10.3. The molecule has 0 spiro atoms. The minimum absolute atomic E-state index is 0.0983. The molecule has 0 saturated heterocycles. The maximum atomic E-state index is 9.75. The molecule has 0 saturated carbocycles. The van der Waals surface area contributed by atoms with Crippen molar-refractivity contribution in [1.29, 1.82) is 0 Å². The molecule has 0 aromatic heterocycles. The normalized spacial score (nSPS) is 12.8. The number of ether oxygens (including phenoxy) is 1. The van der Waals surface area contributed by atoms with Gasteiger partial charge in [0.05, 0.1) is 9.79 Å². The van der Waals surface area contributed by atoms with E-state index in [1.54, 1.807) is 0 Å². The Morgan fingerprint density at radius 2 is 1.06 bits per heavy atom. The van der Waals surface area contributed by atoms with Gasteiger partial charge in [-0.15, -0.1) is 0 Å². The van der Waals surface area contributed by atoms with E-state index in [9.17, 15) is 17.3 Å². The quantitative estimate of drug-likeness (QED) is 0.126. The lowest BCUT2D eigenvalue weighted by atomic mass is 10.3. The van der Waals surface area contributed by atoms with Crippen molar-refractivity contribution in [2.75, 3.05) is 0 Å². The van der Waals surface area contributed by atoms with E-state index in [4.69, 9.17) is 4.74 Å². The highest BCUT2D eigenvalue weighted by Gasteiger charge is 2.37. The highest BCUT2D eigenvalue weighted by Crippen LogP contribution is 2.48. The Labute approximate surface area is 204 Å². The molecule has 33 heavy (non-hydrogen) atoms. The SMILES string of the molecule is Brc1ccc(Oc2ccc([S+]3c4ccccc4Sc4ccccc43)cc2)cc1.F[B-](F)(F)F. The summed E-state index contributed by atoms with van der Waals surface area (Å²) in [5.41, 5.74) is 0. The molecule has 1 aliphatic heterocycles. The summed E-state index contributed by atoms with van der Waals surface area (Å²) in [6.45, 7) is 0. The molecule has 0 amide bonds. The first-order valence-corrected chi connectivity index (χ1v) is 12.6. The Bertz CT molecular complexity index is 1180. The van der Waals surface area contributed by atoms with Gasteiger partial charge in [-0.25, -0.2) is 0 Å². The first kappa shape index (κ1) is 23.8. The molecule has 4 aromatic carbocycles. The van der Waals surface area contributed by atoms with E-state index in [0.717, 1.165) is 16.0 Å². The zero-order valence-corrected chi connectivity index (χ0v) is 20.1. The minimum atomic E-state index is -6.00. The molecule has 4 aromatic rings. The third-order valence-corrected chi connectivity index (χ3v) is 8.74. The average Bonchev–Trinajstić information content (AvgIpc) is 2.78. The van der Waals surface area contributed by atoms with E-state index in [1.165, 1.54) is 24.5 Å². The van der Waals surface area contributed by atoms with Crippen molar-refractivity contribution in [2.45, 2.75) is 24.5 Å². The summed E-state index contributed by atoms with van der Waals surface area (Å²) in [6, 6.07) is 33.9. The number of halogens is 5. The van der Waals surface area contributed by atoms with Crippen molar-refractivity contribution >= 4 is 45.8 Å². The van der Waals surface area contributed by atoms with E-state index in [2.05, 4.69) is 88.7 Å². The van der Waals surface area contributed by atoms with Crippen LogP contribution in [0.5, 0.6) is 11.5 Å². The lowest BCUT2D eigenvalue weighted by Crippen LogP contribution is -2.10. The predicted octanol–water partition coefficient (Wildman–Crippen LogP) is 9.10. The molecule has 5 rings (SSSR count). The average molecular weight is 551 g/mol. The predicted molar refractivity (Wildman–Crippen MR) is 130 cm³/mol. The van der Waals surface area contributed by atoms with Crippen LogP contribution in [0.2, 0.25) is 0 Å². The number of hydrogen-bond donors (Lipinski definition) is 0. The second-order valence-electron chi connectivity index (χ2n) is 6.82. The summed E-state index contributed by atoms with van der Waals surface area (Å²) in [6.07, 6.45) is 0. The number of fused-ring (bicyclic) bond motifs is 2. The van der Waals surface area contributed by atoms with Gasteiger partial charge in [-0.05, 0) is 72.8 Å². The monoisotopic (exact) mass is 550 g/mol. The lowest BCUT2D eigenvalue weighted by Gasteiger charge is -2.18. The summed E-state index contributed by atoms with van der Waals surface area (Å²) in [4.78, 5) is 6.79. The third kappa shape index (κ3) is 6.37. The zero-order chi connectivity index (χ0) is 23.4. The van der Waals surface area contributed by atoms with Crippen LogP contribution < -0.4 is 4.74 Å². The highest BCUT2D eigenvalue weighted by molar-refractivity contribution is 9.10. The fraction of sp³-hybridized carbons (Fsp3) is 0. The molecule has 0 atom stereocenters. The Kier molecular flexibility index (Phi) is 7.41. The van der Waals surface area contributed by atoms with Crippen LogP contribution in [0.4, 0.5) is 17.3 Å². The lowest BCUT2D eigenvalue weighted by molar-refractivity contribution is 0.368. The minimum Gasteiger partial charge on any atom is -0.457 e. The molecular formula is C24H16BBrF4OS2. The van der Waals surface area contributed by atoms with Gasteiger partial charge < -0.3 is 22.0 Å². The molecule has 168 valence electrons. The number of hydrogen-bond acceptors (Lipinski definition) is 2. The summed E-state index contributed by atoms with van der Waals surface area (Å²) in [5, 5.41) is 0. The van der Waals surface area contributed by atoms with Gasteiger partial charge in [0.1, 0.15) is 22.4 Å². The molecule has 0 unspecified atom stereocenters. The van der Waals surface area contributed by atoms with Crippen molar-refractivity contribution in [1.82, 2.24) is 0 Å². The summed E-state index contributed by atoms with van der Waals surface area (Å²) >= 11 is 5.32. The smallest absolute Gasteiger partial charge is 0.457 e. The van der Waals surface area contributed by atoms with Crippen molar-refractivity contribution in [2.24, 2.45) is 0 Å². The molecule has 0 N–H and O–H groups in total. The molecular weight excluding hydrogens is 535 g/mol. The van der Waals surface area contributed by atoms with Gasteiger partial charge >= 0.3 is 7.25 Å². The van der Waals surface area contributed by atoms with Crippen LogP contribution in [0, 0.1) is 0 Å². The molecule has 0 bridgehead atoms. The van der Waals surface area contributed by atoms with Gasteiger partial charge in [-0.1, -0.05) is 52.0 Å². The van der Waals surface area contributed by atoms with Crippen LogP contribution in [0.25, 0.3) is 0 Å². The van der Waals surface area contributed by atoms with E-state index < -0.39 is 7.25 Å². The Morgan fingerprint density at radius 1 is 0.636 bits per heavy atom. The molecule has 0 fully saturated rings. The summed E-state index contributed by atoms with van der Waals surface area (Å²) in [7, 11) is -6.10. The Balaban J connectivity index is 0.000000471. The van der Waals surface area contributed by atoms with Crippen LogP contribution in [0.15, 0.2) is 126 Å². The van der Waals surface area contributed by atoms with Gasteiger partial charge in [-0.2, -0.15) is 0 Å². The fourth-order valence-corrected chi connectivity index (χ4v) is 7.18. The maximum Gasteiger partial charge on any atom is 0.673 e. The zero-order valence-electron chi connectivity index (χ0n) is 16.9. The second-order valence-corrected chi connectivity index (χ2v) is 10.8. The topological polar surface area (TPSA) is 9.23 Å². The van der Waals surface area contributed by atoms with Crippen molar-refractivity contribution in [3.05, 3.63) is 102 Å². The van der Waals surface area contributed by atoms with Crippen LogP contribution >= 0.6 is 27.7 Å². The molecule has 1 nitrogen and oxygen atoms in total. The highest BCUT2D eigenvalue weighted by atomic mass is 79.9. The van der Waals surface area contributed by atoms with E-state index in [1.807, 2.05) is 36.0 Å². The van der Waals surface area contributed by atoms with Crippen LogP contribution in [-0.2, 0) is 10.9 Å². The Hall–Kier alpha value is -2.36. The van der Waals surface area contributed by atoms with Crippen molar-refractivity contribution < 1.29 is 22.0 Å². The van der Waals surface area contributed by atoms with Crippen LogP contribution in [-0.4, -0.2) is 7.25 Å². The number of benzene rings is 4. The van der Waals surface area contributed by atoms with E-state index >= 15 is 0 Å². The third-order valence-electron chi connectivity index (χ3n) is 4.47. The molecule has 9 heteroatoms. The van der Waals surface area contributed by atoms with Gasteiger partial charge in [0, 0.05) is 4.47 Å². The van der Waals surface area contributed by atoms with Crippen LogP contribution in [0.1, 0.15) is 0 Å². The standard InChI is InChI=1S/C24H16BrOS2.BF4/c25-17-9-11-18(12-10-17)26-19-13-15-20(16-14-19)28-23-7-3-1-5-21(23)27-22-6-2-4-8-24(22)28;2-1(3,4)5/h1-16H;/q+1;-1. The van der Waals surface area contributed by atoms with E-state index in [0.29, 0.717) is 0 Å². The van der Waals surface area contributed by atoms with Gasteiger partial charge in [0.2, 0.25) is 0 Å². The number of rotatable bonds is 3. The maximum absolute atomic E-state index is 9.75. The molecule has 1 aliphatic rings. The van der Waals surface area contributed by atoms with Gasteiger partial charge in [0.25, 0.3) is 0 Å². The molecule has 0 aliphatic carbocycles. The van der Waals surface area contributed by atoms with Gasteiger partial charge in [0.15, 0.2) is 14.7 Å². The summed E-state index contributed by atoms with van der Waals surface area (Å²) in [5.74, 6) is 1.69. The molecule has 0 radical (unpaired) electrons. The fourth-order valence-electron chi connectivity index (χ4n) is 3.18. The first-order valence-electron chi connectivity index (χ1n) is 9.79. The van der Waals surface area contributed by atoms with E-state index in [-0.39, 0.29) is 10.9 Å². The van der Waals surface area contributed by atoms with Crippen molar-refractivity contribution in [3.8, 4) is 11.5 Å². The van der Waals surface area contributed by atoms with Crippen LogP contribution in [0.3, 0.4) is 0 Å². The molecule has 1 heterocycles. The Morgan fingerprint density at radius 3 is 1.55 bits per heavy atom. The first-order chi connectivity index (χ1) is 15.8. The van der Waals surface area contributed by atoms with Gasteiger partial charge in [-0.3, -0.25) is 0 Å². The van der Waals surface area contributed by atoms with Crippen molar-refractivity contribution in [3.63, 3.8) is 0 Å².